The minimum Gasteiger partial charge on any atom is -0.507 e. The highest BCUT2D eigenvalue weighted by atomic mass is 19.1. The van der Waals surface area contributed by atoms with E-state index in [1.807, 2.05) is 29.2 Å². The molecule has 0 radical (unpaired) electrons. The lowest BCUT2D eigenvalue weighted by atomic mass is 9.99. The first kappa shape index (κ1) is 18.9. The summed E-state index contributed by atoms with van der Waals surface area (Å²) >= 11 is 0. The molecule has 2 aromatic carbocycles. The predicted molar refractivity (Wildman–Crippen MR) is 108 cm³/mol. The molecule has 148 valence electrons. The van der Waals surface area contributed by atoms with Crippen molar-refractivity contribution in [2.45, 2.75) is 38.1 Å². The number of rotatable bonds is 4. The van der Waals surface area contributed by atoms with Gasteiger partial charge in [-0.25, -0.2) is 4.39 Å². The summed E-state index contributed by atoms with van der Waals surface area (Å²) in [6.45, 7) is 4.09. The van der Waals surface area contributed by atoms with Crippen molar-refractivity contribution in [3.05, 3.63) is 53.8 Å². The first-order chi connectivity index (χ1) is 13.6. The molecule has 4 rings (SSSR count). The van der Waals surface area contributed by atoms with Crippen LogP contribution in [0.1, 0.15) is 42.5 Å². The van der Waals surface area contributed by atoms with Gasteiger partial charge in [0.05, 0.1) is 0 Å². The highest BCUT2D eigenvalue weighted by Crippen LogP contribution is 2.30. The summed E-state index contributed by atoms with van der Waals surface area (Å²) < 4.78 is 13.2. The van der Waals surface area contributed by atoms with E-state index in [1.165, 1.54) is 25.3 Å². The van der Waals surface area contributed by atoms with Gasteiger partial charge < -0.3 is 14.9 Å². The van der Waals surface area contributed by atoms with Crippen LogP contribution in [0.2, 0.25) is 0 Å². The lowest BCUT2D eigenvalue weighted by Gasteiger charge is -2.38. The van der Waals surface area contributed by atoms with Crippen LogP contribution in [0.5, 0.6) is 5.75 Å². The molecular formula is C23H27FN2O2. The van der Waals surface area contributed by atoms with E-state index >= 15 is 0 Å². The zero-order valence-corrected chi connectivity index (χ0v) is 16.1. The Morgan fingerprint density at radius 2 is 1.71 bits per heavy atom. The highest BCUT2D eigenvalue weighted by molar-refractivity contribution is 5.95. The van der Waals surface area contributed by atoms with Gasteiger partial charge >= 0.3 is 0 Å². The molecule has 2 aliphatic rings. The second kappa shape index (κ2) is 8.31. The zero-order chi connectivity index (χ0) is 19.5. The maximum Gasteiger partial charge on any atom is 0.254 e. The summed E-state index contributed by atoms with van der Waals surface area (Å²) in [6.07, 6.45) is 5.84. The van der Waals surface area contributed by atoms with E-state index < -0.39 is 5.82 Å². The third kappa shape index (κ3) is 4.04. The Kier molecular flexibility index (Phi) is 5.62. The number of phenolic OH excluding ortho intramolecular Hbond substituents is 1. The molecule has 0 spiro atoms. The van der Waals surface area contributed by atoms with Gasteiger partial charge in [-0.1, -0.05) is 12.1 Å². The largest absolute Gasteiger partial charge is 0.507 e. The van der Waals surface area contributed by atoms with Gasteiger partial charge in [-0.15, -0.1) is 0 Å². The van der Waals surface area contributed by atoms with E-state index in [4.69, 9.17) is 0 Å². The summed E-state index contributed by atoms with van der Waals surface area (Å²) in [5, 5.41) is 9.98. The van der Waals surface area contributed by atoms with E-state index in [9.17, 15) is 14.3 Å². The van der Waals surface area contributed by atoms with Gasteiger partial charge in [0, 0.05) is 36.3 Å². The third-order valence-corrected chi connectivity index (χ3v) is 5.96. The summed E-state index contributed by atoms with van der Waals surface area (Å²) in [5.41, 5.74) is 1.99. The van der Waals surface area contributed by atoms with Gasteiger partial charge in [-0.05, 0) is 75.0 Å². The number of aromatic hydroxyl groups is 1. The van der Waals surface area contributed by atoms with E-state index in [1.54, 1.807) is 6.07 Å². The molecule has 2 heterocycles. The van der Waals surface area contributed by atoms with Crippen molar-refractivity contribution in [2.24, 2.45) is 0 Å². The van der Waals surface area contributed by atoms with Gasteiger partial charge in [-0.3, -0.25) is 4.79 Å². The maximum atomic E-state index is 13.2. The number of nitrogens with zero attached hydrogens (tertiary/aromatic N) is 2. The van der Waals surface area contributed by atoms with Crippen LogP contribution >= 0.6 is 0 Å². The van der Waals surface area contributed by atoms with Crippen molar-refractivity contribution in [2.75, 3.05) is 26.2 Å². The number of piperidine rings is 1. The molecule has 2 saturated heterocycles. The lowest BCUT2D eigenvalue weighted by molar-refractivity contribution is 0.0560. The Balaban J connectivity index is 1.50. The van der Waals surface area contributed by atoms with Crippen LogP contribution in [0.25, 0.3) is 11.1 Å². The summed E-state index contributed by atoms with van der Waals surface area (Å²) in [5.74, 6) is -0.484. The average molecular weight is 382 g/mol. The molecule has 0 aromatic heterocycles. The van der Waals surface area contributed by atoms with Crippen LogP contribution in [0, 0.1) is 5.82 Å². The molecule has 0 unspecified atom stereocenters. The van der Waals surface area contributed by atoms with Crippen LogP contribution in [0.3, 0.4) is 0 Å². The molecule has 0 saturated carbocycles. The normalized spacial score (nSPS) is 20.5. The Labute approximate surface area is 165 Å². The predicted octanol–water partition coefficient (Wildman–Crippen LogP) is 4.29. The molecule has 2 aromatic rings. The minimum absolute atomic E-state index is 0.0822. The van der Waals surface area contributed by atoms with Crippen molar-refractivity contribution < 1.29 is 14.3 Å². The summed E-state index contributed by atoms with van der Waals surface area (Å²) in [7, 11) is 0. The summed E-state index contributed by atoms with van der Waals surface area (Å²) in [6, 6.07) is 11.5. The Morgan fingerprint density at radius 3 is 2.43 bits per heavy atom. The van der Waals surface area contributed by atoms with Crippen molar-refractivity contribution in [3.8, 4) is 16.9 Å². The van der Waals surface area contributed by atoms with Crippen LogP contribution < -0.4 is 0 Å². The molecule has 0 bridgehead atoms. The molecule has 0 aliphatic carbocycles. The van der Waals surface area contributed by atoms with Crippen molar-refractivity contribution in [3.63, 3.8) is 0 Å². The molecule has 5 heteroatoms. The van der Waals surface area contributed by atoms with Crippen LogP contribution in [0.15, 0.2) is 42.5 Å². The monoisotopic (exact) mass is 382 g/mol. The summed E-state index contributed by atoms with van der Waals surface area (Å²) in [4.78, 5) is 17.7. The first-order valence-electron chi connectivity index (χ1n) is 10.2. The topological polar surface area (TPSA) is 43.8 Å². The number of carbonyl (C=O) groups excluding carboxylic acids is 1. The quantitative estimate of drug-likeness (QED) is 0.858. The molecule has 1 amide bonds. The van der Waals surface area contributed by atoms with Gasteiger partial charge in [0.15, 0.2) is 0 Å². The fourth-order valence-corrected chi connectivity index (χ4v) is 4.43. The Bertz CT molecular complexity index is 831. The van der Waals surface area contributed by atoms with Crippen molar-refractivity contribution in [1.29, 1.82) is 0 Å². The van der Waals surface area contributed by atoms with Gasteiger partial charge in [-0.2, -0.15) is 0 Å². The fraction of sp³-hybridized carbons (Fsp3) is 0.435. The molecule has 4 nitrogen and oxygen atoms in total. The number of phenols is 1. The number of halogens is 1. The van der Waals surface area contributed by atoms with E-state index in [2.05, 4.69) is 4.90 Å². The molecule has 2 aliphatic heterocycles. The van der Waals surface area contributed by atoms with Crippen LogP contribution in [-0.2, 0) is 0 Å². The SMILES string of the molecule is O=C(c1ccc(-c2ccc(F)cc2O)cc1)N1CCCC[C@@H]1CN1CCCC1. The number of hydrogen-bond donors (Lipinski definition) is 1. The molecule has 28 heavy (non-hydrogen) atoms. The van der Waals surface area contributed by atoms with Gasteiger partial charge in [0.1, 0.15) is 11.6 Å². The zero-order valence-electron chi connectivity index (χ0n) is 16.1. The second-order valence-electron chi connectivity index (χ2n) is 7.89. The van der Waals surface area contributed by atoms with Crippen molar-refractivity contribution in [1.82, 2.24) is 9.80 Å². The van der Waals surface area contributed by atoms with Crippen molar-refractivity contribution >= 4 is 5.91 Å². The Hall–Kier alpha value is -2.40. The molecular weight excluding hydrogens is 355 g/mol. The number of benzene rings is 2. The molecule has 2 fully saturated rings. The number of amides is 1. The van der Waals surface area contributed by atoms with Crippen LogP contribution in [0.4, 0.5) is 4.39 Å². The minimum atomic E-state index is -0.470. The molecule has 1 N–H and O–H groups in total. The van der Waals surface area contributed by atoms with Gasteiger partial charge in [0.2, 0.25) is 0 Å². The first-order valence-corrected chi connectivity index (χ1v) is 10.2. The third-order valence-electron chi connectivity index (χ3n) is 5.96. The lowest BCUT2D eigenvalue weighted by Crippen LogP contribution is -2.49. The number of carbonyl (C=O) groups is 1. The van der Waals surface area contributed by atoms with Gasteiger partial charge in [0.25, 0.3) is 5.91 Å². The number of hydrogen-bond acceptors (Lipinski definition) is 3. The molecule has 1 atom stereocenters. The van der Waals surface area contributed by atoms with E-state index in [-0.39, 0.29) is 11.7 Å². The van der Waals surface area contributed by atoms with Crippen LogP contribution in [-0.4, -0.2) is 53.0 Å². The fourth-order valence-electron chi connectivity index (χ4n) is 4.43. The smallest absolute Gasteiger partial charge is 0.254 e. The number of likely N-dealkylation sites (tertiary alicyclic amines) is 2. The maximum absolute atomic E-state index is 13.2. The standard InChI is InChI=1S/C23H27FN2O2/c24-19-10-11-21(22(27)15-19)17-6-8-18(9-7-17)23(28)26-14-2-1-5-20(26)16-25-12-3-4-13-25/h6-11,15,20,27H,1-5,12-14,16H2/t20-/m1/s1. The Morgan fingerprint density at radius 1 is 1.00 bits per heavy atom. The second-order valence-corrected chi connectivity index (χ2v) is 7.89. The van der Waals surface area contributed by atoms with E-state index in [0.29, 0.717) is 17.2 Å². The average Bonchev–Trinajstić information content (AvgIpc) is 3.21. The van der Waals surface area contributed by atoms with E-state index in [0.717, 1.165) is 50.7 Å². The highest BCUT2D eigenvalue weighted by Gasteiger charge is 2.29.